The molecule has 0 aliphatic carbocycles. The summed E-state index contributed by atoms with van der Waals surface area (Å²) in [6.07, 6.45) is 2.02. The van der Waals surface area contributed by atoms with Crippen LogP contribution in [0.4, 0.5) is 4.39 Å². The van der Waals surface area contributed by atoms with Crippen molar-refractivity contribution in [3.8, 4) is 5.75 Å². The second kappa shape index (κ2) is 6.48. The van der Waals surface area contributed by atoms with E-state index in [4.69, 9.17) is 4.74 Å². The lowest BCUT2D eigenvalue weighted by Crippen LogP contribution is -2.13. The second-order valence-electron chi connectivity index (χ2n) is 4.29. The van der Waals surface area contributed by atoms with E-state index in [0.29, 0.717) is 12.4 Å². The van der Waals surface area contributed by atoms with Crippen molar-refractivity contribution in [3.63, 3.8) is 0 Å². The zero-order chi connectivity index (χ0) is 12.0. The van der Waals surface area contributed by atoms with Crippen molar-refractivity contribution in [1.29, 1.82) is 0 Å². The summed E-state index contributed by atoms with van der Waals surface area (Å²) >= 11 is 0. The predicted molar refractivity (Wildman–Crippen MR) is 64.4 cm³/mol. The van der Waals surface area contributed by atoms with Gasteiger partial charge in [0.1, 0.15) is 0 Å². The van der Waals surface area contributed by atoms with Gasteiger partial charge in [0.05, 0.1) is 6.61 Å². The number of benzene rings is 1. The molecule has 0 amide bonds. The van der Waals surface area contributed by atoms with E-state index in [1.54, 1.807) is 6.07 Å². The van der Waals surface area contributed by atoms with Crippen LogP contribution in [0.3, 0.4) is 0 Å². The summed E-state index contributed by atoms with van der Waals surface area (Å²) in [5.74, 6) is 0.0862. The van der Waals surface area contributed by atoms with Crippen LogP contribution in [0.2, 0.25) is 0 Å². The molecule has 0 saturated carbocycles. The first kappa shape index (κ1) is 13.0. The van der Waals surface area contributed by atoms with Crippen LogP contribution in [0.25, 0.3) is 0 Å². The van der Waals surface area contributed by atoms with E-state index in [1.165, 1.54) is 6.07 Å². The number of nitrogens with zero attached hydrogens (tertiary/aromatic N) is 1. The van der Waals surface area contributed by atoms with Gasteiger partial charge in [-0.05, 0) is 58.1 Å². The van der Waals surface area contributed by atoms with Crippen molar-refractivity contribution >= 4 is 0 Å². The Bertz CT molecular complexity index is 326. The van der Waals surface area contributed by atoms with Crippen LogP contribution in [0, 0.1) is 12.7 Å². The summed E-state index contributed by atoms with van der Waals surface area (Å²) in [4.78, 5) is 2.13. The quantitative estimate of drug-likeness (QED) is 0.690. The van der Waals surface area contributed by atoms with Gasteiger partial charge in [0.15, 0.2) is 11.6 Å². The van der Waals surface area contributed by atoms with Crippen molar-refractivity contribution in [1.82, 2.24) is 4.90 Å². The first-order chi connectivity index (χ1) is 7.59. The smallest absolute Gasteiger partial charge is 0.165 e. The number of hydrogen-bond donors (Lipinski definition) is 0. The van der Waals surface area contributed by atoms with Crippen LogP contribution in [-0.4, -0.2) is 32.1 Å². The zero-order valence-electron chi connectivity index (χ0n) is 10.3. The Morgan fingerprint density at radius 2 is 2.00 bits per heavy atom. The van der Waals surface area contributed by atoms with E-state index in [9.17, 15) is 4.39 Å². The molecule has 0 bridgehead atoms. The number of halogens is 1. The van der Waals surface area contributed by atoms with E-state index in [1.807, 2.05) is 27.1 Å². The van der Waals surface area contributed by atoms with Crippen molar-refractivity contribution in [2.24, 2.45) is 0 Å². The molecule has 0 heterocycles. The monoisotopic (exact) mass is 225 g/mol. The number of unbranched alkanes of at least 4 members (excludes halogenated alkanes) is 1. The molecule has 0 unspecified atom stereocenters. The Morgan fingerprint density at radius 3 is 2.62 bits per heavy atom. The van der Waals surface area contributed by atoms with Gasteiger partial charge in [0.2, 0.25) is 0 Å². The molecule has 0 aliphatic heterocycles. The Kier molecular flexibility index (Phi) is 5.26. The van der Waals surface area contributed by atoms with Gasteiger partial charge in [-0.3, -0.25) is 0 Å². The van der Waals surface area contributed by atoms with E-state index >= 15 is 0 Å². The lowest BCUT2D eigenvalue weighted by atomic mass is 10.2. The third kappa shape index (κ3) is 4.62. The normalized spacial score (nSPS) is 10.8. The van der Waals surface area contributed by atoms with Gasteiger partial charge in [-0.25, -0.2) is 4.39 Å². The molecule has 0 spiro atoms. The fourth-order valence-electron chi connectivity index (χ4n) is 1.44. The van der Waals surface area contributed by atoms with Crippen LogP contribution >= 0.6 is 0 Å². The highest BCUT2D eigenvalue weighted by atomic mass is 19.1. The molecule has 2 nitrogen and oxygen atoms in total. The highest BCUT2D eigenvalue weighted by Gasteiger charge is 2.02. The zero-order valence-corrected chi connectivity index (χ0v) is 10.3. The molecule has 1 rings (SSSR count). The van der Waals surface area contributed by atoms with Gasteiger partial charge >= 0.3 is 0 Å². The SMILES string of the molecule is Cc1ccc(OCCCCN(C)C)c(F)c1. The summed E-state index contributed by atoms with van der Waals surface area (Å²) in [5, 5.41) is 0. The van der Waals surface area contributed by atoms with Crippen LogP contribution in [-0.2, 0) is 0 Å². The molecule has 0 aromatic heterocycles. The van der Waals surface area contributed by atoms with E-state index in [2.05, 4.69) is 4.90 Å². The van der Waals surface area contributed by atoms with Gasteiger partial charge in [-0.2, -0.15) is 0 Å². The molecule has 0 atom stereocenters. The maximum atomic E-state index is 13.4. The molecule has 90 valence electrons. The summed E-state index contributed by atoms with van der Waals surface area (Å²) < 4.78 is 18.7. The summed E-state index contributed by atoms with van der Waals surface area (Å²) in [6, 6.07) is 5.05. The average Bonchev–Trinajstić information content (AvgIpc) is 2.20. The Hall–Kier alpha value is -1.09. The van der Waals surface area contributed by atoms with Gasteiger partial charge < -0.3 is 9.64 Å². The van der Waals surface area contributed by atoms with Gasteiger partial charge in [0, 0.05) is 0 Å². The standard InChI is InChI=1S/C13H20FNO/c1-11-6-7-13(12(14)10-11)16-9-5-4-8-15(2)3/h6-7,10H,4-5,8-9H2,1-3H3. The molecule has 1 aromatic carbocycles. The maximum Gasteiger partial charge on any atom is 0.165 e. The van der Waals surface area contributed by atoms with Crippen LogP contribution in [0.5, 0.6) is 5.75 Å². The fourth-order valence-corrected chi connectivity index (χ4v) is 1.44. The van der Waals surface area contributed by atoms with Crippen LogP contribution in [0.1, 0.15) is 18.4 Å². The summed E-state index contributed by atoms with van der Waals surface area (Å²) in [6.45, 7) is 3.48. The molecule has 1 aromatic rings. The highest BCUT2D eigenvalue weighted by molar-refractivity contribution is 5.28. The van der Waals surface area contributed by atoms with Crippen molar-refractivity contribution in [3.05, 3.63) is 29.6 Å². The largest absolute Gasteiger partial charge is 0.491 e. The lowest BCUT2D eigenvalue weighted by molar-refractivity contribution is 0.281. The minimum Gasteiger partial charge on any atom is -0.491 e. The Morgan fingerprint density at radius 1 is 1.25 bits per heavy atom. The third-order valence-corrected chi connectivity index (χ3v) is 2.34. The maximum absolute atomic E-state index is 13.4. The number of rotatable bonds is 6. The van der Waals surface area contributed by atoms with E-state index < -0.39 is 0 Å². The summed E-state index contributed by atoms with van der Waals surface area (Å²) in [7, 11) is 4.08. The van der Waals surface area contributed by atoms with E-state index in [-0.39, 0.29) is 5.82 Å². The lowest BCUT2D eigenvalue weighted by Gasteiger charge is -2.10. The molecule has 0 saturated heterocycles. The van der Waals surface area contributed by atoms with Gasteiger partial charge in [-0.1, -0.05) is 6.07 Å². The highest BCUT2D eigenvalue weighted by Crippen LogP contribution is 2.18. The average molecular weight is 225 g/mol. The molecule has 3 heteroatoms. The molecule has 16 heavy (non-hydrogen) atoms. The van der Waals surface area contributed by atoms with Gasteiger partial charge in [-0.15, -0.1) is 0 Å². The number of hydrogen-bond acceptors (Lipinski definition) is 2. The van der Waals surface area contributed by atoms with Crippen LogP contribution < -0.4 is 4.74 Å². The number of aryl methyl sites for hydroxylation is 1. The molecule has 0 aliphatic rings. The number of ether oxygens (including phenoxy) is 1. The molecule has 0 radical (unpaired) electrons. The first-order valence-corrected chi connectivity index (χ1v) is 5.63. The topological polar surface area (TPSA) is 12.5 Å². The van der Waals surface area contributed by atoms with Crippen molar-refractivity contribution < 1.29 is 9.13 Å². The summed E-state index contributed by atoms with van der Waals surface area (Å²) in [5.41, 5.74) is 0.914. The predicted octanol–water partition coefficient (Wildman–Crippen LogP) is 2.85. The minimum atomic E-state index is -0.271. The molecular formula is C13H20FNO. The van der Waals surface area contributed by atoms with E-state index in [0.717, 1.165) is 24.9 Å². The fraction of sp³-hybridized carbons (Fsp3) is 0.538. The second-order valence-corrected chi connectivity index (χ2v) is 4.29. The molecular weight excluding hydrogens is 205 g/mol. The van der Waals surface area contributed by atoms with Crippen molar-refractivity contribution in [2.45, 2.75) is 19.8 Å². The molecule has 0 N–H and O–H groups in total. The van der Waals surface area contributed by atoms with Crippen LogP contribution in [0.15, 0.2) is 18.2 Å². The first-order valence-electron chi connectivity index (χ1n) is 5.63. The third-order valence-electron chi connectivity index (χ3n) is 2.34. The Balaban J connectivity index is 2.27. The molecule has 0 fully saturated rings. The Labute approximate surface area is 97.0 Å². The van der Waals surface area contributed by atoms with Gasteiger partial charge in [0.25, 0.3) is 0 Å². The minimum absolute atomic E-state index is 0.271. The van der Waals surface area contributed by atoms with Crippen molar-refractivity contribution in [2.75, 3.05) is 27.2 Å².